The highest BCUT2D eigenvalue weighted by Gasteiger charge is 2.44. The van der Waals surface area contributed by atoms with Crippen molar-refractivity contribution in [3.63, 3.8) is 0 Å². The third-order valence-corrected chi connectivity index (χ3v) is 10.3. The van der Waals surface area contributed by atoms with Gasteiger partial charge in [-0.25, -0.2) is 0 Å². The summed E-state index contributed by atoms with van der Waals surface area (Å²) in [5, 5.41) is 71.3. The van der Waals surface area contributed by atoms with Crippen LogP contribution in [-0.2, 0) is 0 Å². The molecule has 0 bridgehead atoms. The average molecular weight is 984 g/mol. The van der Waals surface area contributed by atoms with E-state index in [4.69, 9.17) is 30.6 Å². The van der Waals surface area contributed by atoms with E-state index in [2.05, 4.69) is 173 Å². The molecule has 0 heterocycles. The van der Waals surface area contributed by atoms with Crippen LogP contribution in [0.3, 0.4) is 0 Å². The van der Waals surface area contributed by atoms with Gasteiger partial charge in [-0.05, 0) is 160 Å². The van der Waals surface area contributed by atoms with Gasteiger partial charge in [-0.3, -0.25) is 0 Å². The van der Waals surface area contributed by atoms with Crippen LogP contribution in [0.5, 0.6) is 0 Å². The Labute approximate surface area is 429 Å². The number of hydrogen-bond donors (Lipinski definition) is 8. The first-order valence-corrected chi connectivity index (χ1v) is 26.7. The summed E-state index contributed by atoms with van der Waals surface area (Å²) in [4.78, 5) is 0. The Kier molecular flexibility index (Phi) is 44.0. The minimum absolute atomic E-state index is 0.106. The molecule has 1 aliphatic rings. The van der Waals surface area contributed by atoms with Gasteiger partial charge in [-0.15, -0.1) is 0 Å². The maximum Gasteiger partial charge on any atom is 0.0596 e. The van der Waals surface area contributed by atoms with Gasteiger partial charge in [0.2, 0.25) is 0 Å². The molecule has 0 radical (unpaired) electrons. The topological polar surface area (TPSA) is 162 Å². The van der Waals surface area contributed by atoms with Crippen LogP contribution in [0.1, 0.15) is 285 Å². The summed E-state index contributed by atoms with van der Waals surface area (Å²) in [6.07, 6.45) is 10.4. The third kappa shape index (κ3) is 88.6. The SMILES string of the molecule is CC(C)(C)CC(C)(C)O.CC(C)(C)CC1(CO)CC1.CC(C)(C)CCCO.CC(C)(C)CCO.CC(O)C(C)C(C)(C)C.CC(O)CC(C)(C)C.CC(O)CC(C)(C)C.CCC(O)CC(C)(C)C. The molecule has 0 aliphatic heterocycles. The number of hydrogen-bond acceptors (Lipinski definition) is 8. The van der Waals surface area contributed by atoms with Crippen molar-refractivity contribution < 1.29 is 40.9 Å². The van der Waals surface area contributed by atoms with Crippen LogP contribution in [0.25, 0.3) is 0 Å². The molecule has 0 aromatic carbocycles. The van der Waals surface area contributed by atoms with Gasteiger partial charge >= 0.3 is 0 Å². The Morgan fingerprint density at radius 3 is 0.824 bits per heavy atom. The quantitative estimate of drug-likeness (QED) is 0.101. The van der Waals surface area contributed by atoms with Crippen molar-refractivity contribution in [3.05, 3.63) is 0 Å². The molecule has 0 aromatic heterocycles. The van der Waals surface area contributed by atoms with E-state index >= 15 is 0 Å². The monoisotopic (exact) mass is 983 g/mol. The predicted molar refractivity (Wildman–Crippen MR) is 302 cm³/mol. The van der Waals surface area contributed by atoms with E-state index in [9.17, 15) is 10.2 Å². The number of rotatable bonds is 11. The second-order valence-electron chi connectivity index (χ2n) is 30.8. The van der Waals surface area contributed by atoms with Crippen LogP contribution in [0.4, 0.5) is 0 Å². The highest BCUT2D eigenvalue weighted by molar-refractivity contribution is 4.95. The Bertz CT molecular complexity index is 1060. The van der Waals surface area contributed by atoms with E-state index in [0.29, 0.717) is 47.4 Å². The minimum Gasteiger partial charge on any atom is -0.396 e. The lowest BCUT2D eigenvalue weighted by atomic mass is 9.79. The lowest BCUT2D eigenvalue weighted by molar-refractivity contribution is 0.0370. The number of aliphatic hydroxyl groups excluding tert-OH is 7. The lowest BCUT2D eigenvalue weighted by Gasteiger charge is -2.29. The van der Waals surface area contributed by atoms with Crippen molar-refractivity contribution in [3.8, 4) is 0 Å². The molecule has 0 saturated heterocycles. The first-order chi connectivity index (χ1) is 29.4. The summed E-state index contributed by atoms with van der Waals surface area (Å²) in [6.45, 7) is 65.9. The first-order valence-electron chi connectivity index (χ1n) is 26.7. The van der Waals surface area contributed by atoms with Crippen molar-refractivity contribution in [2.75, 3.05) is 19.8 Å². The fraction of sp³-hybridized carbons (Fsp3) is 1.00. The maximum absolute atomic E-state index is 9.35. The largest absolute Gasteiger partial charge is 0.396 e. The van der Waals surface area contributed by atoms with Gasteiger partial charge in [0, 0.05) is 19.8 Å². The van der Waals surface area contributed by atoms with Gasteiger partial charge in [0.1, 0.15) is 0 Å². The van der Waals surface area contributed by atoms with Gasteiger partial charge in [0.05, 0.1) is 30.0 Å². The molecule has 1 aliphatic carbocycles. The molecule has 8 heteroatoms. The molecule has 0 amide bonds. The van der Waals surface area contributed by atoms with Gasteiger partial charge in [0.15, 0.2) is 0 Å². The molecule has 8 nitrogen and oxygen atoms in total. The van der Waals surface area contributed by atoms with Gasteiger partial charge < -0.3 is 40.9 Å². The summed E-state index contributed by atoms with van der Waals surface area (Å²) in [5.41, 5.74) is 2.18. The second kappa shape index (κ2) is 36.6. The third-order valence-electron chi connectivity index (χ3n) is 10.3. The molecule has 1 rings (SSSR count). The summed E-state index contributed by atoms with van der Waals surface area (Å²) in [5.74, 6) is 0.373. The summed E-state index contributed by atoms with van der Waals surface area (Å²) < 4.78 is 0. The Morgan fingerprint density at radius 1 is 0.441 bits per heavy atom. The molecule has 5 atom stereocenters. The molecule has 0 spiro atoms. The minimum atomic E-state index is -0.516. The Morgan fingerprint density at radius 2 is 0.779 bits per heavy atom. The Balaban J connectivity index is -0.000000125. The van der Waals surface area contributed by atoms with Crippen LogP contribution >= 0.6 is 0 Å². The normalized spacial score (nSPS) is 16.3. The van der Waals surface area contributed by atoms with Crippen molar-refractivity contribution in [2.24, 2.45) is 54.7 Å². The highest BCUT2D eigenvalue weighted by Crippen LogP contribution is 2.52. The van der Waals surface area contributed by atoms with Crippen LogP contribution in [-0.4, -0.2) is 90.7 Å². The van der Waals surface area contributed by atoms with Crippen LogP contribution in [0, 0.1) is 54.7 Å². The summed E-state index contributed by atoms with van der Waals surface area (Å²) in [6, 6.07) is 0. The summed E-state index contributed by atoms with van der Waals surface area (Å²) >= 11 is 0. The molecule has 8 N–H and O–H groups in total. The van der Waals surface area contributed by atoms with Gasteiger partial charge in [0.25, 0.3) is 0 Å². The molecule has 0 aromatic rings. The zero-order valence-corrected chi connectivity index (χ0v) is 52.4. The molecule has 68 heavy (non-hydrogen) atoms. The number of aliphatic hydroxyl groups is 8. The van der Waals surface area contributed by atoms with E-state index in [1.54, 1.807) is 0 Å². The van der Waals surface area contributed by atoms with Crippen LogP contribution in [0.2, 0.25) is 0 Å². The summed E-state index contributed by atoms with van der Waals surface area (Å²) in [7, 11) is 0. The van der Waals surface area contributed by atoms with E-state index in [1.807, 2.05) is 41.5 Å². The molecular weight excluding hydrogens is 849 g/mol. The van der Waals surface area contributed by atoms with Crippen molar-refractivity contribution in [2.45, 2.75) is 315 Å². The maximum atomic E-state index is 9.35. The standard InChI is InChI=1S/C9H18O.3C8H18O.3C7H16O.C6H14O/c1-8(2,3)6-9(7-10)4-5-9;1-7(2,3)6-8(4,5)9;1-6(7(2)9)8(3,4)5;1-5-7(9)6-8(2,3)4;2*1-6(8)5-7(2,3)4;1-7(2,3)5-4-6-8;1-6(2,3)4-5-7/h10H,4-7H2,1-3H3;9H,6H2,1-5H3;6-7,9H,1-5H3;7,9H,5-6H2,1-4H3;2*6,8H,5H2,1-4H3;8H,4-6H2,1-3H3;7H,4-5H2,1-3H3. The average Bonchev–Trinajstić information content (AvgIpc) is 3.77. The fourth-order valence-corrected chi connectivity index (χ4v) is 7.28. The van der Waals surface area contributed by atoms with Gasteiger partial charge in [-0.1, -0.05) is 180 Å². The van der Waals surface area contributed by atoms with E-state index < -0.39 is 5.60 Å². The fourth-order valence-electron chi connectivity index (χ4n) is 7.28. The van der Waals surface area contributed by atoms with E-state index in [0.717, 1.165) is 51.4 Å². The van der Waals surface area contributed by atoms with Crippen molar-refractivity contribution >= 4 is 0 Å². The van der Waals surface area contributed by atoms with Crippen LogP contribution < -0.4 is 0 Å². The zero-order valence-electron chi connectivity index (χ0n) is 52.4. The van der Waals surface area contributed by atoms with E-state index in [-0.39, 0.29) is 51.5 Å². The predicted octanol–water partition coefficient (Wildman–Crippen LogP) is 15.5. The molecule has 422 valence electrons. The van der Waals surface area contributed by atoms with Crippen molar-refractivity contribution in [1.29, 1.82) is 0 Å². The molecular formula is C60H134O8. The smallest absolute Gasteiger partial charge is 0.0596 e. The lowest BCUT2D eigenvalue weighted by Crippen LogP contribution is -2.27. The molecule has 1 saturated carbocycles. The van der Waals surface area contributed by atoms with Crippen molar-refractivity contribution in [1.82, 2.24) is 0 Å². The first kappa shape index (κ1) is 81.7. The Hall–Kier alpha value is -0.320. The van der Waals surface area contributed by atoms with Gasteiger partial charge in [-0.2, -0.15) is 0 Å². The zero-order chi connectivity index (χ0) is 56.8. The molecule has 5 unspecified atom stereocenters. The molecule has 1 fully saturated rings. The second-order valence-corrected chi connectivity index (χ2v) is 30.8. The highest BCUT2D eigenvalue weighted by atomic mass is 16.3. The van der Waals surface area contributed by atoms with Crippen LogP contribution in [0.15, 0.2) is 0 Å². The van der Waals surface area contributed by atoms with E-state index in [1.165, 1.54) is 19.3 Å².